The fourth-order valence-corrected chi connectivity index (χ4v) is 1.74. The third-order valence-electron chi connectivity index (χ3n) is 2.60. The zero-order valence-electron chi connectivity index (χ0n) is 9.35. The fourth-order valence-electron chi connectivity index (χ4n) is 1.74. The Bertz CT molecular complexity index is 204. The molecule has 0 aliphatic rings. The summed E-state index contributed by atoms with van der Waals surface area (Å²) >= 11 is 0. The molecule has 0 saturated carbocycles. The van der Waals surface area contributed by atoms with Crippen molar-refractivity contribution in [3.63, 3.8) is 0 Å². The lowest BCUT2D eigenvalue weighted by Gasteiger charge is -2.13. The highest BCUT2D eigenvalue weighted by Gasteiger charge is 2.11. The number of nitriles is 1. The van der Waals surface area contributed by atoms with Gasteiger partial charge < -0.3 is 0 Å². The molecule has 0 aromatic heterocycles. The van der Waals surface area contributed by atoms with Gasteiger partial charge in [-0.2, -0.15) is 5.26 Å². The second-order valence-electron chi connectivity index (χ2n) is 3.57. The lowest BCUT2D eigenvalue weighted by molar-refractivity contribution is 0.577. The molecule has 0 saturated heterocycles. The quantitative estimate of drug-likeness (QED) is 0.584. The molecule has 74 valence electrons. The lowest BCUT2D eigenvalue weighted by atomic mass is 9.90. The third kappa shape index (κ3) is 3.63. The number of rotatable bonds is 5. The summed E-state index contributed by atoms with van der Waals surface area (Å²) in [4.78, 5) is 0. The zero-order chi connectivity index (χ0) is 10.3. The Labute approximate surface area is 82.5 Å². The van der Waals surface area contributed by atoms with E-state index in [2.05, 4.69) is 33.8 Å². The highest BCUT2D eigenvalue weighted by atomic mass is 14.3. The average Bonchev–Trinajstić information content (AvgIpc) is 2.14. The average molecular weight is 179 g/mol. The van der Waals surface area contributed by atoms with Crippen LogP contribution >= 0.6 is 0 Å². The number of allylic oxidation sites excluding steroid dienone is 2. The maximum absolute atomic E-state index is 9.05. The van der Waals surface area contributed by atoms with Crippen LogP contribution in [-0.4, -0.2) is 0 Å². The predicted molar refractivity (Wildman–Crippen MR) is 57.3 cm³/mol. The van der Waals surface area contributed by atoms with Gasteiger partial charge in [-0.05, 0) is 32.1 Å². The summed E-state index contributed by atoms with van der Waals surface area (Å²) in [5.74, 6) is 0.483. The molecule has 0 N–H and O–H groups in total. The van der Waals surface area contributed by atoms with Gasteiger partial charge >= 0.3 is 0 Å². The van der Waals surface area contributed by atoms with E-state index in [9.17, 15) is 0 Å². The van der Waals surface area contributed by atoms with Crippen molar-refractivity contribution in [3.8, 4) is 6.07 Å². The lowest BCUT2D eigenvalue weighted by Crippen LogP contribution is -2.02. The Morgan fingerprint density at radius 3 is 2.08 bits per heavy atom. The molecular weight excluding hydrogens is 158 g/mol. The van der Waals surface area contributed by atoms with Crippen LogP contribution in [0.1, 0.15) is 53.4 Å². The van der Waals surface area contributed by atoms with Gasteiger partial charge in [-0.25, -0.2) is 0 Å². The first kappa shape index (κ1) is 12.2. The van der Waals surface area contributed by atoms with E-state index in [0.717, 1.165) is 31.3 Å². The van der Waals surface area contributed by atoms with Gasteiger partial charge in [-0.15, -0.1) is 0 Å². The maximum atomic E-state index is 9.05. The van der Waals surface area contributed by atoms with Crippen LogP contribution in [0.2, 0.25) is 0 Å². The first-order valence-electron chi connectivity index (χ1n) is 5.30. The van der Waals surface area contributed by atoms with Crippen LogP contribution in [0.3, 0.4) is 0 Å². The van der Waals surface area contributed by atoms with Gasteiger partial charge in [0.25, 0.3) is 0 Å². The van der Waals surface area contributed by atoms with Gasteiger partial charge in [0.1, 0.15) is 0 Å². The summed E-state index contributed by atoms with van der Waals surface area (Å²) in [6.45, 7) is 8.57. The van der Waals surface area contributed by atoms with Crippen molar-refractivity contribution in [2.45, 2.75) is 53.4 Å². The zero-order valence-corrected chi connectivity index (χ0v) is 9.35. The Hall–Kier alpha value is -0.770. The molecule has 0 aliphatic heterocycles. The van der Waals surface area contributed by atoms with Crippen molar-refractivity contribution < 1.29 is 0 Å². The van der Waals surface area contributed by atoms with E-state index in [1.165, 1.54) is 5.57 Å². The molecule has 13 heavy (non-hydrogen) atoms. The smallest absolute Gasteiger partial charge is 0.0949 e. The van der Waals surface area contributed by atoms with Crippen LogP contribution in [0.4, 0.5) is 0 Å². The SMILES string of the molecule is CCCC(C)=C(C#N)C(CC)CC. The summed E-state index contributed by atoms with van der Waals surface area (Å²) in [7, 11) is 0. The molecule has 1 heteroatoms. The molecule has 0 fully saturated rings. The first-order chi connectivity index (χ1) is 6.21. The number of nitrogens with zero attached hydrogens (tertiary/aromatic N) is 1. The van der Waals surface area contributed by atoms with Crippen LogP contribution in [0.15, 0.2) is 11.1 Å². The Morgan fingerprint density at radius 2 is 1.77 bits per heavy atom. The molecule has 0 unspecified atom stereocenters. The van der Waals surface area contributed by atoms with E-state index in [-0.39, 0.29) is 0 Å². The molecule has 0 rings (SSSR count). The molecular formula is C12H21N. The maximum Gasteiger partial charge on any atom is 0.0949 e. The minimum atomic E-state index is 0.483. The van der Waals surface area contributed by atoms with Gasteiger partial charge in [0.15, 0.2) is 0 Å². The van der Waals surface area contributed by atoms with Gasteiger partial charge in [0, 0.05) is 5.57 Å². The molecule has 0 heterocycles. The normalized spacial score (nSPS) is 12.6. The topological polar surface area (TPSA) is 23.8 Å². The summed E-state index contributed by atoms with van der Waals surface area (Å²) < 4.78 is 0. The second-order valence-corrected chi connectivity index (χ2v) is 3.57. The van der Waals surface area contributed by atoms with Crippen LogP contribution < -0.4 is 0 Å². The van der Waals surface area contributed by atoms with Crippen LogP contribution in [0, 0.1) is 17.2 Å². The first-order valence-corrected chi connectivity index (χ1v) is 5.30. The summed E-state index contributed by atoms with van der Waals surface area (Å²) in [5.41, 5.74) is 2.32. The molecule has 1 nitrogen and oxygen atoms in total. The standard InChI is InChI=1S/C12H21N/c1-5-8-10(4)12(9-13)11(6-2)7-3/h11H,5-8H2,1-4H3. The van der Waals surface area contributed by atoms with Gasteiger partial charge in [-0.3, -0.25) is 0 Å². The fraction of sp³-hybridized carbons (Fsp3) is 0.750. The van der Waals surface area contributed by atoms with Crippen LogP contribution in [0.25, 0.3) is 0 Å². The molecule has 0 amide bonds. The summed E-state index contributed by atoms with van der Waals surface area (Å²) in [6.07, 6.45) is 4.37. The molecule has 0 bridgehead atoms. The van der Waals surface area contributed by atoms with Crippen molar-refractivity contribution in [2.24, 2.45) is 5.92 Å². The van der Waals surface area contributed by atoms with Crippen molar-refractivity contribution in [2.75, 3.05) is 0 Å². The molecule has 0 aromatic rings. The van der Waals surface area contributed by atoms with Gasteiger partial charge in [-0.1, -0.05) is 32.8 Å². The highest BCUT2D eigenvalue weighted by molar-refractivity contribution is 5.29. The van der Waals surface area contributed by atoms with E-state index in [0.29, 0.717) is 5.92 Å². The van der Waals surface area contributed by atoms with Crippen LogP contribution in [0.5, 0.6) is 0 Å². The largest absolute Gasteiger partial charge is 0.193 e. The molecule has 0 spiro atoms. The van der Waals surface area contributed by atoms with E-state index in [1.54, 1.807) is 0 Å². The van der Waals surface area contributed by atoms with E-state index in [4.69, 9.17) is 5.26 Å². The Morgan fingerprint density at radius 1 is 1.23 bits per heavy atom. The minimum Gasteiger partial charge on any atom is -0.193 e. The molecule has 0 radical (unpaired) electrons. The molecule has 0 atom stereocenters. The van der Waals surface area contributed by atoms with E-state index >= 15 is 0 Å². The summed E-state index contributed by atoms with van der Waals surface area (Å²) in [5, 5.41) is 9.05. The number of hydrogen-bond donors (Lipinski definition) is 0. The van der Waals surface area contributed by atoms with Gasteiger partial charge in [0.05, 0.1) is 6.07 Å². The third-order valence-corrected chi connectivity index (χ3v) is 2.60. The van der Waals surface area contributed by atoms with Crippen molar-refractivity contribution in [1.29, 1.82) is 5.26 Å². The van der Waals surface area contributed by atoms with Crippen molar-refractivity contribution in [1.82, 2.24) is 0 Å². The van der Waals surface area contributed by atoms with E-state index < -0.39 is 0 Å². The molecule has 0 aliphatic carbocycles. The van der Waals surface area contributed by atoms with Crippen LogP contribution in [-0.2, 0) is 0 Å². The van der Waals surface area contributed by atoms with Gasteiger partial charge in [0.2, 0.25) is 0 Å². The second kappa shape index (κ2) is 6.71. The number of hydrogen-bond acceptors (Lipinski definition) is 1. The Kier molecular flexibility index (Phi) is 6.32. The molecule has 0 aromatic carbocycles. The monoisotopic (exact) mass is 179 g/mol. The van der Waals surface area contributed by atoms with Crippen molar-refractivity contribution in [3.05, 3.63) is 11.1 Å². The highest BCUT2D eigenvalue weighted by Crippen LogP contribution is 2.23. The Balaban J connectivity index is 4.65. The van der Waals surface area contributed by atoms with Crippen molar-refractivity contribution >= 4 is 0 Å². The van der Waals surface area contributed by atoms with E-state index in [1.807, 2.05) is 0 Å². The summed E-state index contributed by atoms with van der Waals surface area (Å²) in [6, 6.07) is 2.37. The predicted octanol–water partition coefficient (Wildman–Crippen LogP) is 4.06. The minimum absolute atomic E-state index is 0.483.